The van der Waals surface area contributed by atoms with E-state index in [0.29, 0.717) is 39.8 Å². The highest BCUT2D eigenvalue weighted by Gasteiger charge is 2.15. The van der Waals surface area contributed by atoms with Gasteiger partial charge in [-0.1, -0.05) is 12.1 Å². The molecule has 3 heterocycles. The van der Waals surface area contributed by atoms with Gasteiger partial charge in [0.25, 0.3) is 5.91 Å². The van der Waals surface area contributed by atoms with Crippen molar-refractivity contribution >= 4 is 17.2 Å². The van der Waals surface area contributed by atoms with E-state index in [9.17, 15) is 4.79 Å². The van der Waals surface area contributed by atoms with Crippen LogP contribution < -0.4 is 14.8 Å². The van der Waals surface area contributed by atoms with E-state index < -0.39 is 0 Å². The van der Waals surface area contributed by atoms with E-state index in [1.54, 1.807) is 49.1 Å². The number of amides is 1. The van der Waals surface area contributed by atoms with Crippen molar-refractivity contribution in [2.24, 2.45) is 0 Å². The van der Waals surface area contributed by atoms with E-state index in [2.05, 4.69) is 30.8 Å². The molecule has 164 valence electrons. The molecule has 2 N–H and O–H groups in total. The van der Waals surface area contributed by atoms with E-state index in [1.807, 2.05) is 30.3 Å². The molecular formula is C23H19N7O3. The number of carbonyl (C=O) groups is 1. The molecule has 0 fully saturated rings. The number of nitrogens with zero attached hydrogens (tertiary/aromatic N) is 5. The molecule has 10 heteroatoms. The summed E-state index contributed by atoms with van der Waals surface area (Å²) in [6.07, 6.45) is 1.54. The summed E-state index contributed by atoms with van der Waals surface area (Å²) in [4.78, 5) is 12.8. The van der Waals surface area contributed by atoms with E-state index >= 15 is 0 Å². The third kappa shape index (κ3) is 3.97. The Balaban J connectivity index is 1.38. The number of ether oxygens (including phenoxy) is 2. The van der Waals surface area contributed by atoms with Crippen LogP contribution >= 0.6 is 0 Å². The molecule has 10 nitrogen and oxygen atoms in total. The predicted molar refractivity (Wildman–Crippen MR) is 121 cm³/mol. The molecule has 0 radical (unpaired) electrons. The van der Waals surface area contributed by atoms with Gasteiger partial charge in [0.2, 0.25) is 0 Å². The minimum absolute atomic E-state index is 0.310. The van der Waals surface area contributed by atoms with Crippen molar-refractivity contribution < 1.29 is 14.3 Å². The number of hydrogen-bond donors (Lipinski definition) is 2. The van der Waals surface area contributed by atoms with Crippen molar-refractivity contribution in [1.29, 1.82) is 0 Å². The van der Waals surface area contributed by atoms with Crippen LogP contribution in [0.15, 0.2) is 67.0 Å². The fraction of sp³-hybridized carbons (Fsp3) is 0.0870. The zero-order chi connectivity index (χ0) is 22.8. The smallest absolute Gasteiger partial charge is 0.273 e. The van der Waals surface area contributed by atoms with Crippen molar-refractivity contribution in [3.8, 4) is 34.0 Å². The maximum absolute atomic E-state index is 12.8. The van der Waals surface area contributed by atoms with Crippen LogP contribution in [0.1, 0.15) is 10.5 Å². The maximum Gasteiger partial charge on any atom is 0.273 e. The number of benzene rings is 2. The number of nitrogens with one attached hydrogen (secondary N) is 2. The molecule has 0 spiro atoms. The van der Waals surface area contributed by atoms with Gasteiger partial charge in [-0.2, -0.15) is 14.7 Å². The van der Waals surface area contributed by atoms with Crippen LogP contribution in [-0.2, 0) is 0 Å². The molecule has 0 aliphatic rings. The largest absolute Gasteiger partial charge is 0.497 e. The third-order valence-corrected chi connectivity index (χ3v) is 5.08. The number of anilines is 1. The molecule has 2 aromatic carbocycles. The summed E-state index contributed by atoms with van der Waals surface area (Å²) in [7, 11) is 3.16. The van der Waals surface area contributed by atoms with Gasteiger partial charge in [-0.05, 0) is 48.5 Å². The van der Waals surface area contributed by atoms with Crippen LogP contribution in [0.25, 0.3) is 28.2 Å². The molecule has 3 aromatic heterocycles. The Morgan fingerprint density at radius 3 is 2.76 bits per heavy atom. The number of hydrogen-bond acceptors (Lipinski definition) is 7. The normalized spacial score (nSPS) is 10.8. The summed E-state index contributed by atoms with van der Waals surface area (Å²) < 4.78 is 12.3. The Morgan fingerprint density at radius 2 is 1.91 bits per heavy atom. The number of carbonyl (C=O) groups excluding carboxylic acids is 1. The topological polar surface area (TPSA) is 119 Å². The Labute approximate surface area is 188 Å². The van der Waals surface area contributed by atoms with Crippen LogP contribution in [0.2, 0.25) is 0 Å². The van der Waals surface area contributed by atoms with Crippen molar-refractivity contribution in [2.75, 3.05) is 19.5 Å². The van der Waals surface area contributed by atoms with Crippen molar-refractivity contribution in [3.05, 3.63) is 72.7 Å². The highest BCUT2D eigenvalue weighted by atomic mass is 16.5. The van der Waals surface area contributed by atoms with E-state index in [-0.39, 0.29) is 5.91 Å². The van der Waals surface area contributed by atoms with Crippen molar-refractivity contribution in [2.45, 2.75) is 0 Å². The zero-order valence-corrected chi connectivity index (χ0v) is 17.8. The van der Waals surface area contributed by atoms with E-state index in [4.69, 9.17) is 9.47 Å². The highest BCUT2D eigenvalue weighted by molar-refractivity contribution is 6.03. The van der Waals surface area contributed by atoms with Crippen molar-refractivity contribution in [3.63, 3.8) is 0 Å². The molecule has 0 unspecified atom stereocenters. The minimum atomic E-state index is -0.324. The number of aromatic amines is 1. The molecule has 0 atom stereocenters. The minimum Gasteiger partial charge on any atom is -0.497 e. The fourth-order valence-corrected chi connectivity index (χ4v) is 3.43. The summed E-state index contributed by atoms with van der Waals surface area (Å²) in [6, 6.07) is 18.2. The molecule has 0 aliphatic carbocycles. The number of H-pyrrole nitrogens is 1. The number of methoxy groups -OCH3 is 2. The molecule has 5 rings (SSSR count). The van der Waals surface area contributed by atoms with E-state index in [1.165, 1.54) is 6.33 Å². The Kier molecular flexibility index (Phi) is 5.15. The lowest BCUT2D eigenvalue weighted by Gasteiger charge is -2.08. The molecule has 0 saturated carbocycles. The third-order valence-electron chi connectivity index (χ3n) is 5.08. The summed E-state index contributed by atoms with van der Waals surface area (Å²) in [5.41, 5.74) is 4.44. The first-order chi connectivity index (χ1) is 16.1. The first-order valence-electron chi connectivity index (χ1n) is 10.0. The second-order valence-electron chi connectivity index (χ2n) is 7.12. The first kappa shape index (κ1) is 20.2. The summed E-state index contributed by atoms with van der Waals surface area (Å²) >= 11 is 0. The quantitative estimate of drug-likeness (QED) is 0.414. The van der Waals surface area contributed by atoms with Crippen LogP contribution in [-0.4, -0.2) is 50.1 Å². The second-order valence-corrected chi connectivity index (χ2v) is 7.12. The second kappa shape index (κ2) is 8.42. The van der Waals surface area contributed by atoms with Gasteiger partial charge in [0.1, 0.15) is 23.5 Å². The van der Waals surface area contributed by atoms with Gasteiger partial charge in [0, 0.05) is 16.8 Å². The molecule has 0 bridgehead atoms. The number of rotatable bonds is 6. The molecule has 0 aliphatic heterocycles. The number of aromatic nitrogens is 6. The van der Waals surface area contributed by atoms with Crippen LogP contribution in [0, 0.1) is 0 Å². The lowest BCUT2D eigenvalue weighted by molar-refractivity contribution is 0.102. The Bertz CT molecular complexity index is 1460. The monoisotopic (exact) mass is 441 g/mol. The predicted octanol–water partition coefficient (Wildman–Crippen LogP) is 3.45. The lowest BCUT2D eigenvalue weighted by atomic mass is 10.1. The van der Waals surface area contributed by atoms with Gasteiger partial charge in [0.15, 0.2) is 5.65 Å². The fourth-order valence-electron chi connectivity index (χ4n) is 3.43. The van der Waals surface area contributed by atoms with Gasteiger partial charge in [0.05, 0.1) is 25.6 Å². The molecule has 1 amide bonds. The highest BCUT2D eigenvalue weighted by Crippen LogP contribution is 2.32. The molecule has 5 aromatic rings. The van der Waals surface area contributed by atoms with Gasteiger partial charge in [-0.3, -0.25) is 9.89 Å². The van der Waals surface area contributed by atoms with Gasteiger partial charge < -0.3 is 14.8 Å². The zero-order valence-electron chi connectivity index (χ0n) is 17.8. The molecular weight excluding hydrogens is 422 g/mol. The summed E-state index contributed by atoms with van der Waals surface area (Å²) in [5.74, 6) is 0.962. The van der Waals surface area contributed by atoms with Crippen LogP contribution in [0.5, 0.6) is 11.5 Å². The van der Waals surface area contributed by atoms with Crippen LogP contribution in [0.3, 0.4) is 0 Å². The molecule has 33 heavy (non-hydrogen) atoms. The standard InChI is InChI=1S/C23H19N7O3/c1-32-16-6-8-21(33-2)17(11-16)19-12-20(27-26-19)23(31)25-15-5-3-4-14(10-15)18-7-9-22-28-24-13-30(22)29-18/h3-13H,1-2H3,(H,25,31)(H,26,27). The molecule has 0 saturated heterocycles. The maximum atomic E-state index is 12.8. The van der Waals surface area contributed by atoms with Gasteiger partial charge in [-0.25, -0.2) is 0 Å². The van der Waals surface area contributed by atoms with Gasteiger partial charge >= 0.3 is 0 Å². The summed E-state index contributed by atoms with van der Waals surface area (Å²) in [5, 5.41) is 22.2. The summed E-state index contributed by atoms with van der Waals surface area (Å²) in [6.45, 7) is 0. The van der Waals surface area contributed by atoms with E-state index in [0.717, 1.165) is 11.3 Å². The van der Waals surface area contributed by atoms with Gasteiger partial charge in [-0.15, -0.1) is 10.2 Å². The van der Waals surface area contributed by atoms with Crippen LogP contribution in [0.4, 0.5) is 5.69 Å². The SMILES string of the molecule is COc1ccc(OC)c(-c2cc(C(=O)Nc3cccc(-c4ccc5nncn5n4)c3)[nH]n2)c1. The first-order valence-corrected chi connectivity index (χ1v) is 10.0. The lowest BCUT2D eigenvalue weighted by Crippen LogP contribution is -2.12. The Morgan fingerprint density at radius 1 is 1.00 bits per heavy atom. The van der Waals surface area contributed by atoms with Crippen molar-refractivity contribution in [1.82, 2.24) is 30.0 Å². The average molecular weight is 441 g/mol. The average Bonchev–Trinajstić information content (AvgIpc) is 3.53. The number of fused-ring (bicyclic) bond motifs is 1. The Hall–Kier alpha value is -4.73.